The number of nitrogens with one attached hydrogen (secondary N) is 2. The highest BCUT2D eigenvalue weighted by Gasteiger charge is 2.31. The molecule has 0 saturated carbocycles. The molecule has 2 amide bonds. The van der Waals surface area contributed by atoms with E-state index in [2.05, 4.69) is 15.5 Å². The predicted molar refractivity (Wildman–Crippen MR) is 72.1 cm³/mol. The third-order valence-corrected chi connectivity index (χ3v) is 3.66. The number of carboxylic acid groups (broad SMARTS) is 1. The molecule has 20 heavy (non-hydrogen) atoms. The second kappa shape index (κ2) is 6.40. The number of urea groups is 1. The molecule has 3 N–H and O–H groups in total. The van der Waals surface area contributed by atoms with Crippen LogP contribution in [0.1, 0.15) is 44.2 Å². The molecule has 1 aromatic rings. The molecule has 2 atom stereocenters. The van der Waals surface area contributed by atoms with Crippen LogP contribution in [-0.2, 0) is 4.79 Å². The van der Waals surface area contributed by atoms with E-state index in [1.54, 1.807) is 12.4 Å². The number of nitrogens with zero attached hydrogens (tertiary/aromatic N) is 2. The van der Waals surface area contributed by atoms with Crippen molar-refractivity contribution >= 4 is 12.0 Å². The fourth-order valence-electron chi connectivity index (χ4n) is 2.46. The van der Waals surface area contributed by atoms with Crippen LogP contribution in [0.5, 0.6) is 0 Å². The highest BCUT2D eigenvalue weighted by atomic mass is 16.4. The van der Waals surface area contributed by atoms with E-state index in [4.69, 9.17) is 0 Å². The van der Waals surface area contributed by atoms with Crippen LogP contribution in [0.4, 0.5) is 4.79 Å². The Morgan fingerprint density at radius 1 is 1.50 bits per heavy atom. The van der Waals surface area contributed by atoms with Gasteiger partial charge in [0.2, 0.25) is 0 Å². The maximum absolute atomic E-state index is 12.3. The molecule has 1 aromatic heterocycles. The zero-order valence-electron chi connectivity index (χ0n) is 11.5. The van der Waals surface area contributed by atoms with Crippen molar-refractivity contribution in [1.29, 1.82) is 0 Å². The number of hydrogen-bond donors (Lipinski definition) is 3. The van der Waals surface area contributed by atoms with Crippen molar-refractivity contribution < 1.29 is 14.7 Å². The molecular weight excluding hydrogens is 260 g/mol. The van der Waals surface area contributed by atoms with Crippen molar-refractivity contribution in [2.24, 2.45) is 0 Å². The van der Waals surface area contributed by atoms with Crippen molar-refractivity contribution in [2.75, 3.05) is 6.54 Å². The van der Waals surface area contributed by atoms with Crippen LogP contribution in [0, 0.1) is 0 Å². The summed E-state index contributed by atoms with van der Waals surface area (Å²) < 4.78 is 0. The molecule has 2 rings (SSSR count). The molecule has 7 nitrogen and oxygen atoms in total. The van der Waals surface area contributed by atoms with Crippen molar-refractivity contribution in [3.63, 3.8) is 0 Å². The lowest BCUT2D eigenvalue weighted by atomic mass is 10.1. The molecule has 0 aromatic carbocycles. The lowest BCUT2D eigenvalue weighted by molar-refractivity contribution is -0.142. The largest absolute Gasteiger partial charge is 0.480 e. The SMILES string of the molecule is CC(NC(=O)N1CCCCCC1C(=O)O)c1cn[nH]c1. The molecule has 7 heteroatoms. The van der Waals surface area contributed by atoms with E-state index in [0.717, 1.165) is 24.8 Å². The summed E-state index contributed by atoms with van der Waals surface area (Å²) in [5.74, 6) is -0.932. The molecule has 110 valence electrons. The molecule has 0 spiro atoms. The number of rotatable bonds is 3. The quantitative estimate of drug-likeness (QED) is 0.781. The number of carbonyl (C=O) groups is 2. The summed E-state index contributed by atoms with van der Waals surface area (Å²) in [6.07, 6.45) is 6.52. The van der Waals surface area contributed by atoms with E-state index >= 15 is 0 Å². The summed E-state index contributed by atoms with van der Waals surface area (Å²) in [6, 6.07) is -1.26. The average Bonchev–Trinajstić information content (AvgIpc) is 2.82. The van der Waals surface area contributed by atoms with Gasteiger partial charge in [-0.05, 0) is 19.8 Å². The van der Waals surface area contributed by atoms with Gasteiger partial charge in [0.1, 0.15) is 6.04 Å². The number of amides is 2. The predicted octanol–water partition coefficient (Wildman–Crippen LogP) is 1.51. The maximum Gasteiger partial charge on any atom is 0.326 e. The molecule has 2 unspecified atom stereocenters. The molecule has 2 heterocycles. The van der Waals surface area contributed by atoms with Crippen LogP contribution >= 0.6 is 0 Å². The minimum atomic E-state index is -0.932. The van der Waals surface area contributed by atoms with Gasteiger partial charge in [0.05, 0.1) is 12.2 Å². The second-order valence-electron chi connectivity index (χ2n) is 5.10. The highest BCUT2D eigenvalue weighted by molar-refractivity contribution is 5.82. The Hall–Kier alpha value is -2.05. The normalized spacial score (nSPS) is 21.1. The minimum absolute atomic E-state index is 0.209. The standard InChI is InChI=1S/C13H20N4O3/c1-9(10-7-14-15-8-10)16-13(20)17-6-4-2-3-5-11(17)12(18)19/h7-9,11H,2-6H2,1H3,(H,14,15)(H,16,20)(H,18,19). The molecular formula is C13H20N4O3. The van der Waals surface area contributed by atoms with Crippen LogP contribution in [-0.4, -0.2) is 44.8 Å². The fraction of sp³-hybridized carbons (Fsp3) is 0.615. The van der Waals surface area contributed by atoms with Crippen LogP contribution < -0.4 is 5.32 Å². The molecule has 1 aliphatic heterocycles. The first-order valence-electron chi connectivity index (χ1n) is 6.88. The monoisotopic (exact) mass is 280 g/mol. The first-order valence-corrected chi connectivity index (χ1v) is 6.88. The number of aromatic nitrogens is 2. The first-order chi connectivity index (χ1) is 9.59. The maximum atomic E-state index is 12.3. The van der Waals surface area contributed by atoms with Crippen LogP contribution in [0.2, 0.25) is 0 Å². The Bertz CT molecular complexity index is 460. The summed E-state index contributed by atoms with van der Waals surface area (Å²) in [7, 11) is 0. The van der Waals surface area contributed by atoms with E-state index in [-0.39, 0.29) is 12.1 Å². The molecule has 0 aliphatic carbocycles. The van der Waals surface area contributed by atoms with E-state index < -0.39 is 12.0 Å². The van der Waals surface area contributed by atoms with Gasteiger partial charge in [0.15, 0.2) is 0 Å². The Balaban J connectivity index is 2.03. The zero-order valence-corrected chi connectivity index (χ0v) is 11.5. The number of likely N-dealkylation sites (tertiary alicyclic amines) is 1. The number of H-pyrrole nitrogens is 1. The van der Waals surface area contributed by atoms with E-state index in [1.807, 2.05) is 6.92 Å². The Morgan fingerprint density at radius 3 is 2.95 bits per heavy atom. The summed E-state index contributed by atoms with van der Waals surface area (Å²) in [6.45, 7) is 2.33. The third kappa shape index (κ3) is 3.28. The van der Waals surface area contributed by atoms with Crippen LogP contribution in [0.3, 0.4) is 0 Å². The highest BCUT2D eigenvalue weighted by Crippen LogP contribution is 2.18. The zero-order chi connectivity index (χ0) is 14.5. The number of carboxylic acids is 1. The number of hydrogen-bond acceptors (Lipinski definition) is 3. The summed E-state index contributed by atoms with van der Waals surface area (Å²) in [4.78, 5) is 25.0. The van der Waals surface area contributed by atoms with Crippen LogP contribution in [0.25, 0.3) is 0 Å². The summed E-state index contributed by atoms with van der Waals surface area (Å²) in [5, 5.41) is 18.6. The van der Waals surface area contributed by atoms with Gasteiger partial charge in [0.25, 0.3) is 0 Å². The number of carbonyl (C=O) groups excluding carboxylic acids is 1. The first kappa shape index (κ1) is 14.4. The van der Waals surface area contributed by atoms with E-state index in [1.165, 1.54) is 4.90 Å². The van der Waals surface area contributed by atoms with Gasteiger partial charge >= 0.3 is 12.0 Å². The van der Waals surface area contributed by atoms with Gasteiger partial charge in [-0.1, -0.05) is 12.8 Å². The van der Waals surface area contributed by atoms with Crippen LogP contribution in [0.15, 0.2) is 12.4 Å². The van der Waals surface area contributed by atoms with Gasteiger partial charge < -0.3 is 15.3 Å². The van der Waals surface area contributed by atoms with Gasteiger partial charge in [-0.15, -0.1) is 0 Å². The van der Waals surface area contributed by atoms with E-state index in [9.17, 15) is 14.7 Å². The smallest absolute Gasteiger partial charge is 0.326 e. The average molecular weight is 280 g/mol. The Morgan fingerprint density at radius 2 is 2.30 bits per heavy atom. The third-order valence-electron chi connectivity index (χ3n) is 3.66. The van der Waals surface area contributed by atoms with Gasteiger partial charge in [-0.25, -0.2) is 9.59 Å². The lowest BCUT2D eigenvalue weighted by Crippen LogP contribution is -2.49. The van der Waals surface area contributed by atoms with Gasteiger partial charge in [-0.3, -0.25) is 5.10 Å². The van der Waals surface area contributed by atoms with Crippen molar-refractivity contribution in [2.45, 2.75) is 44.7 Å². The number of aromatic amines is 1. The molecule has 0 bridgehead atoms. The Kier molecular flexibility index (Phi) is 4.60. The van der Waals surface area contributed by atoms with Gasteiger partial charge in [-0.2, -0.15) is 5.10 Å². The van der Waals surface area contributed by atoms with E-state index in [0.29, 0.717) is 13.0 Å². The lowest BCUT2D eigenvalue weighted by Gasteiger charge is -2.28. The van der Waals surface area contributed by atoms with Gasteiger partial charge in [0, 0.05) is 18.3 Å². The minimum Gasteiger partial charge on any atom is -0.480 e. The van der Waals surface area contributed by atoms with Crippen molar-refractivity contribution in [3.05, 3.63) is 18.0 Å². The topological polar surface area (TPSA) is 98.3 Å². The van der Waals surface area contributed by atoms with Crippen molar-refractivity contribution in [3.8, 4) is 0 Å². The number of aliphatic carboxylic acids is 1. The Labute approximate surface area is 117 Å². The fourth-order valence-corrected chi connectivity index (χ4v) is 2.46. The molecule has 1 saturated heterocycles. The summed E-state index contributed by atoms with van der Waals surface area (Å²) >= 11 is 0. The molecule has 1 fully saturated rings. The summed E-state index contributed by atoms with van der Waals surface area (Å²) in [5.41, 5.74) is 0.861. The second-order valence-corrected chi connectivity index (χ2v) is 5.10. The van der Waals surface area contributed by atoms with Crippen molar-refractivity contribution in [1.82, 2.24) is 20.4 Å². The molecule has 0 radical (unpaired) electrons. The molecule has 1 aliphatic rings.